The first-order chi connectivity index (χ1) is 8.33. The zero-order valence-corrected chi connectivity index (χ0v) is 11.0. The molecule has 2 rings (SSSR count). The van der Waals surface area contributed by atoms with Gasteiger partial charge in [-0.05, 0) is 17.9 Å². The molecular formula is C12H17N3OS. The van der Waals surface area contributed by atoms with E-state index in [2.05, 4.69) is 22.2 Å². The Balaban J connectivity index is 2.09. The van der Waals surface area contributed by atoms with E-state index in [1.807, 2.05) is 17.6 Å². The van der Waals surface area contributed by atoms with Crippen molar-refractivity contribution in [1.82, 2.24) is 9.97 Å². The van der Waals surface area contributed by atoms with Crippen LogP contribution in [0.3, 0.4) is 0 Å². The van der Waals surface area contributed by atoms with E-state index in [1.54, 1.807) is 18.4 Å². The summed E-state index contributed by atoms with van der Waals surface area (Å²) in [7, 11) is 1.72. The number of fused-ring (bicyclic) bond motifs is 1. The average Bonchev–Trinajstić information content (AvgIpc) is 2.77. The van der Waals surface area contributed by atoms with Crippen molar-refractivity contribution in [2.75, 3.05) is 19.0 Å². The molecule has 0 spiro atoms. The molecule has 0 aromatic carbocycles. The second-order valence-corrected chi connectivity index (χ2v) is 4.85. The van der Waals surface area contributed by atoms with E-state index < -0.39 is 0 Å². The molecule has 5 heteroatoms. The second-order valence-electron chi connectivity index (χ2n) is 3.96. The lowest BCUT2D eigenvalue weighted by molar-refractivity contribution is 0.182. The van der Waals surface area contributed by atoms with Crippen LogP contribution in [0.15, 0.2) is 17.6 Å². The molecule has 1 atom stereocenters. The average molecular weight is 251 g/mol. The third-order valence-corrected chi connectivity index (χ3v) is 3.37. The molecule has 4 nitrogen and oxygen atoms in total. The summed E-state index contributed by atoms with van der Waals surface area (Å²) in [5, 5.41) is 6.45. The standard InChI is InChI=1S/C12H17N3OS/c1-3-4-10(8-16-2)14-12-13-7-9-5-6-17-11(9)15-12/h5-7,10H,3-4,8H2,1-2H3,(H,13,14,15). The van der Waals surface area contributed by atoms with E-state index in [9.17, 15) is 0 Å². The van der Waals surface area contributed by atoms with Crippen LogP contribution in [0, 0.1) is 0 Å². The molecule has 2 heterocycles. The highest BCUT2D eigenvalue weighted by molar-refractivity contribution is 7.16. The fourth-order valence-corrected chi connectivity index (χ4v) is 2.49. The lowest BCUT2D eigenvalue weighted by atomic mass is 10.2. The van der Waals surface area contributed by atoms with Gasteiger partial charge in [-0.15, -0.1) is 11.3 Å². The second kappa shape index (κ2) is 5.93. The number of anilines is 1. The van der Waals surface area contributed by atoms with E-state index in [1.165, 1.54) is 0 Å². The zero-order chi connectivity index (χ0) is 12.1. The fourth-order valence-electron chi connectivity index (χ4n) is 1.75. The first-order valence-electron chi connectivity index (χ1n) is 5.79. The molecule has 0 fully saturated rings. The van der Waals surface area contributed by atoms with Crippen molar-refractivity contribution < 1.29 is 4.74 Å². The third kappa shape index (κ3) is 3.14. The van der Waals surface area contributed by atoms with Crippen LogP contribution in [0.5, 0.6) is 0 Å². The number of nitrogens with one attached hydrogen (secondary N) is 1. The van der Waals surface area contributed by atoms with E-state index in [0.717, 1.165) is 23.1 Å². The summed E-state index contributed by atoms with van der Waals surface area (Å²) in [6.45, 7) is 2.84. The van der Waals surface area contributed by atoms with Gasteiger partial charge in [0.1, 0.15) is 4.83 Å². The maximum absolute atomic E-state index is 5.19. The minimum Gasteiger partial charge on any atom is -0.383 e. The normalized spacial score (nSPS) is 12.8. The van der Waals surface area contributed by atoms with Gasteiger partial charge < -0.3 is 10.1 Å². The first kappa shape index (κ1) is 12.3. The SMILES string of the molecule is CCCC(COC)Nc1ncc2ccsc2n1. The van der Waals surface area contributed by atoms with Crippen LogP contribution in [0.25, 0.3) is 10.2 Å². The van der Waals surface area contributed by atoms with Crippen molar-refractivity contribution in [3.63, 3.8) is 0 Å². The molecule has 0 radical (unpaired) electrons. The van der Waals surface area contributed by atoms with Gasteiger partial charge in [0.2, 0.25) is 5.95 Å². The summed E-state index contributed by atoms with van der Waals surface area (Å²) < 4.78 is 5.19. The summed E-state index contributed by atoms with van der Waals surface area (Å²) >= 11 is 1.63. The third-order valence-electron chi connectivity index (χ3n) is 2.55. The Morgan fingerprint density at radius 1 is 1.53 bits per heavy atom. The predicted molar refractivity (Wildman–Crippen MR) is 71.6 cm³/mol. The van der Waals surface area contributed by atoms with Gasteiger partial charge in [-0.2, -0.15) is 0 Å². The molecule has 92 valence electrons. The Labute approximate surface area is 105 Å². The molecule has 1 N–H and O–H groups in total. The molecule has 0 aliphatic carbocycles. The number of thiophene rings is 1. The number of nitrogens with zero attached hydrogens (tertiary/aromatic N) is 2. The number of hydrogen-bond acceptors (Lipinski definition) is 5. The molecule has 1 unspecified atom stereocenters. The highest BCUT2D eigenvalue weighted by Gasteiger charge is 2.09. The lowest BCUT2D eigenvalue weighted by Gasteiger charge is -2.16. The van der Waals surface area contributed by atoms with Gasteiger partial charge in [0.15, 0.2) is 0 Å². The van der Waals surface area contributed by atoms with Gasteiger partial charge in [0, 0.05) is 18.7 Å². The Morgan fingerprint density at radius 2 is 2.41 bits per heavy atom. The van der Waals surface area contributed by atoms with Gasteiger partial charge in [-0.1, -0.05) is 13.3 Å². The quantitative estimate of drug-likeness (QED) is 0.857. The van der Waals surface area contributed by atoms with E-state index in [4.69, 9.17) is 4.74 Å². The Hall–Kier alpha value is -1.20. The maximum Gasteiger partial charge on any atom is 0.224 e. The van der Waals surface area contributed by atoms with Crippen LogP contribution in [0.4, 0.5) is 5.95 Å². The molecule has 2 aromatic heterocycles. The molecule has 0 aliphatic heterocycles. The van der Waals surface area contributed by atoms with Crippen LogP contribution in [0.1, 0.15) is 19.8 Å². The number of ether oxygens (including phenoxy) is 1. The molecule has 0 aliphatic rings. The van der Waals surface area contributed by atoms with Crippen molar-refractivity contribution in [2.45, 2.75) is 25.8 Å². The summed E-state index contributed by atoms with van der Waals surface area (Å²) in [5.74, 6) is 0.690. The molecular weight excluding hydrogens is 234 g/mol. The predicted octanol–water partition coefficient (Wildman–Crippen LogP) is 2.92. The van der Waals surface area contributed by atoms with Crippen LogP contribution >= 0.6 is 11.3 Å². The minimum absolute atomic E-state index is 0.280. The first-order valence-corrected chi connectivity index (χ1v) is 6.67. The maximum atomic E-state index is 5.19. The molecule has 0 amide bonds. The number of methoxy groups -OCH3 is 1. The highest BCUT2D eigenvalue weighted by Crippen LogP contribution is 2.19. The Morgan fingerprint density at radius 3 is 3.18 bits per heavy atom. The van der Waals surface area contributed by atoms with Crippen LogP contribution in [0.2, 0.25) is 0 Å². The largest absolute Gasteiger partial charge is 0.383 e. The van der Waals surface area contributed by atoms with Crippen molar-refractivity contribution in [2.24, 2.45) is 0 Å². The zero-order valence-electron chi connectivity index (χ0n) is 10.1. The van der Waals surface area contributed by atoms with Crippen molar-refractivity contribution in [3.8, 4) is 0 Å². The summed E-state index contributed by atoms with van der Waals surface area (Å²) in [6, 6.07) is 2.31. The van der Waals surface area contributed by atoms with E-state index in [0.29, 0.717) is 12.6 Å². The van der Waals surface area contributed by atoms with Crippen LogP contribution in [-0.2, 0) is 4.74 Å². The van der Waals surface area contributed by atoms with Gasteiger partial charge in [0.05, 0.1) is 12.6 Å². The molecule has 0 saturated carbocycles. The summed E-state index contributed by atoms with van der Waals surface area (Å²) in [4.78, 5) is 9.82. The molecule has 0 bridgehead atoms. The van der Waals surface area contributed by atoms with Gasteiger partial charge >= 0.3 is 0 Å². The molecule has 2 aromatic rings. The monoisotopic (exact) mass is 251 g/mol. The summed E-state index contributed by atoms with van der Waals surface area (Å²) in [6.07, 6.45) is 4.03. The number of aromatic nitrogens is 2. The minimum atomic E-state index is 0.280. The Kier molecular flexibility index (Phi) is 4.28. The Bertz CT molecular complexity index is 465. The molecule has 17 heavy (non-hydrogen) atoms. The van der Waals surface area contributed by atoms with E-state index in [-0.39, 0.29) is 6.04 Å². The van der Waals surface area contributed by atoms with Gasteiger partial charge in [-0.3, -0.25) is 0 Å². The molecule has 0 saturated heterocycles. The van der Waals surface area contributed by atoms with Gasteiger partial charge in [0.25, 0.3) is 0 Å². The van der Waals surface area contributed by atoms with Crippen LogP contribution in [-0.4, -0.2) is 29.7 Å². The topological polar surface area (TPSA) is 47.0 Å². The number of rotatable bonds is 6. The van der Waals surface area contributed by atoms with E-state index >= 15 is 0 Å². The highest BCUT2D eigenvalue weighted by atomic mass is 32.1. The smallest absolute Gasteiger partial charge is 0.224 e. The van der Waals surface area contributed by atoms with Crippen molar-refractivity contribution >= 4 is 27.5 Å². The fraction of sp³-hybridized carbons (Fsp3) is 0.500. The lowest BCUT2D eigenvalue weighted by Crippen LogP contribution is -2.25. The summed E-state index contributed by atoms with van der Waals surface area (Å²) in [5.41, 5.74) is 0. The van der Waals surface area contributed by atoms with Crippen molar-refractivity contribution in [3.05, 3.63) is 17.6 Å². The van der Waals surface area contributed by atoms with Crippen LogP contribution < -0.4 is 5.32 Å². The van der Waals surface area contributed by atoms with Crippen molar-refractivity contribution in [1.29, 1.82) is 0 Å². The van der Waals surface area contributed by atoms with Gasteiger partial charge in [-0.25, -0.2) is 9.97 Å². The number of hydrogen-bond donors (Lipinski definition) is 1.